The molecule has 16 heavy (non-hydrogen) atoms. The van der Waals surface area contributed by atoms with Gasteiger partial charge in [-0.05, 0) is 29.8 Å². The lowest BCUT2D eigenvalue weighted by Gasteiger charge is -2.19. The fourth-order valence-corrected chi connectivity index (χ4v) is 1.66. The van der Waals surface area contributed by atoms with Crippen molar-refractivity contribution in [3.8, 4) is 5.75 Å². The molecule has 1 N–H and O–H groups in total. The lowest BCUT2D eigenvalue weighted by Crippen LogP contribution is -2.15. The quantitative estimate of drug-likeness (QED) is 0.847. The largest absolute Gasteiger partial charge is 0.508 e. The zero-order valence-corrected chi connectivity index (χ0v) is 9.30. The van der Waals surface area contributed by atoms with Crippen LogP contribution in [0.15, 0.2) is 54.6 Å². The molecule has 0 fully saturated rings. The number of hydrogen-bond acceptors (Lipinski definition) is 2. The van der Waals surface area contributed by atoms with Crippen LogP contribution < -0.4 is 4.90 Å². The molecule has 0 bridgehead atoms. The maximum absolute atomic E-state index is 9.21. The molecule has 0 aromatic heterocycles. The molecule has 0 spiro atoms. The van der Waals surface area contributed by atoms with Gasteiger partial charge in [0.15, 0.2) is 0 Å². The van der Waals surface area contributed by atoms with Gasteiger partial charge in [0.2, 0.25) is 0 Å². The van der Waals surface area contributed by atoms with Crippen LogP contribution in [-0.4, -0.2) is 12.2 Å². The molecule has 2 rings (SSSR count). The number of phenols is 1. The summed E-state index contributed by atoms with van der Waals surface area (Å²) in [7, 11) is 2.04. The minimum absolute atomic E-state index is 0.303. The van der Waals surface area contributed by atoms with Gasteiger partial charge < -0.3 is 10.0 Å². The lowest BCUT2D eigenvalue weighted by atomic mass is 10.2. The summed E-state index contributed by atoms with van der Waals surface area (Å²) in [5.41, 5.74) is 2.37. The number of hydrogen-bond donors (Lipinski definition) is 1. The summed E-state index contributed by atoms with van der Waals surface area (Å²) in [4.78, 5) is 2.15. The monoisotopic (exact) mass is 213 g/mol. The van der Waals surface area contributed by atoms with Crippen molar-refractivity contribution < 1.29 is 5.11 Å². The Balaban J connectivity index is 2.09. The molecule has 2 heteroatoms. The average Bonchev–Trinajstić information content (AvgIpc) is 2.31. The minimum Gasteiger partial charge on any atom is -0.508 e. The maximum atomic E-state index is 9.21. The second-order valence-corrected chi connectivity index (χ2v) is 3.86. The summed E-state index contributed by atoms with van der Waals surface area (Å²) < 4.78 is 0. The van der Waals surface area contributed by atoms with Gasteiger partial charge in [0.25, 0.3) is 0 Å². The van der Waals surface area contributed by atoms with Crippen molar-refractivity contribution >= 4 is 5.69 Å². The molecular weight excluding hydrogens is 198 g/mol. The first-order valence-electron chi connectivity index (χ1n) is 5.30. The molecule has 0 aliphatic heterocycles. The van der Waals surface area contributed by atoms with Gasteiger partial charge in [0.1, 0.15) is 5.75 Å². The topological polar surface area (TPSA) is 23.5 Å². The number of rotatable bonds is 3. The fraction of sp³-hybridized carbons (Fsp3) is 0.143. The van der Waals surface area contributed by atoms with Gasteiger partial charge in [-0.15, -0.1) is 0 Å². The molecule has 0 heterocycles. The highest BCUT2D eigenvalue weighted by Crippen LogP contribution is 2.18. The molecule has 82 valence electrons. The van der Waals surface area contributed by atoms with E-state index < -0.39 is 0 Å². The smallest absolute Gasteiger partial charge is 0.115 e. The third kappa shape index (κ3) is 2.54. The number of nitrogens with zero attached hydrogens (tertiary/aromatic N) is 1. The first-order chi connectivity index (χ1) is 7.75. The zero-order valence-electron chi connectivity index (χ0n) is 9.30. The summed E-state index contributed by atoms with van der Waals surface area (Å²) in [6, 6.07) is 17.6. The summed E-state index contributed by atoms with van der Waals surface area (Å²) in [5, 5.41) is 9.21. The highest BCUT2D eigenvalue weighted by Gasteiger charge is 2.01. The Morgan fingerprint density at radius 3 is 2.19 bits per heavy atom. The Labute approximate surface area is 95.8 Å². The van der Waals surface area contributed by atoms with E-state index in [9.17, 15) is 5.11 Å². The van der Waals surface area contributed by atoms with Crippen molar-refractivity contribution in [3.05, 3.63) is 60.2 Å². The summed E-state index contributed by atoms with van der Waals surface area (Å²) in [6.45, 7) is 0.867. The molecule has 0 aliphatic rings. The van der Waals surface area contributed by atoms with Gasteiger partial charge >= 0.3 is 0 Å². The molecule has 0 saturated heterocycles. The Hall–Kier alpha value is -1.96. The highest BCUT2D eigenvalue weighted by atomic mass is 16.3. The van der Waals surface area contributed by atoms with Gasteiger partial charge in [-0.2, -0.15) is 0 Å². The second-order valence-electron chi connectivity index (χ2n) is 3.86. The van der Waals surface area contributed by atoms with E-state index in [2.05, 4.69) is 17.0 Å². The van der Waals surface area contributed by atoms with E-state index in [1.165, 1.54) is 5.56 Å². The number of phenolic OH excluding ortho intramolecular Hbond substituents is 1. The number of benzene rings is 2. The number of anilines is 1. The summed E-state index contributed by atoms with van der Waals surface area (Å²) in [5.74, 6) is 0.303. The van der Waals surface area contributed by atoms with Gasteiger partial charge in [-0.1, -0.05) is 30.3 Å². The predicted molar refractivity (Wildman–Crippen MR) is 66.7 cm³/mol. The van der Waals surface area contributed by atoms with Crippen LogP contribution in [0.25, 0.3) is 0 Å². The van der Waals surface area contributed by atoms with Crippen LogP contribution in [0.4, 0.5) is 5.69 Å². The SMILES string of the molecule is CN(Cc1ccccc1)c1ccc(O)cc1. The van der Waals surface area contributed by atoms with E-state index >= 15 is 0 Å². The van der Waals surface area contributed by atoms with Gasteiger partial charge in [0.05, 0.1) is 0 Å². The van der Waals surface area contributed by atoms with Crippen LogP contribution in [-0.2, 0) is 6.54 Å². The van der Waals surface area contributed by atoms with Crippen LogP contribution in [0.5, 0.6) is 5.75 Å². The molecule has 0 saturated carbocycles. The third-order valence-corrected chi connectivity index (χ3v) is 2.55. The van der Waals surface area contributed by atoms with Crippen LogP contribution in [0.2, 0.25) is 0 Å². The third-order valence-electron chi connectivity index (χ3n) is 2.55. The van der Waals surface area contributed by atoms with Crippen molar-refractivity contribution in [1.29, 1.82) is 0 Å². The second kappa shape index (κ2) is 4.71. The molecule has 0 unspecified atom stereocenters. The van der Waals surface area contributed by atoms with E-state index in [1.807, 2.05) is 37.4 Å². The van der Waals surface area contributed by atoms with E-state index in [0.29, 0.717) is 5.75 Å². The van der Waals surface area contributed by atoms with Crippen molar-refractivity contribution in [2.24, 2.45) is 0 Å². The Kier molecular flexibility index (Phi) is 3.10. The van der Waals surface area contributed by atoms with Crippen LogP contribution >= 0.6 is 0 Å². The molecule has 2 aromatic carbocycles. The first-order valence-corrected chi connectivity index (χ1v) is 5.30. The molecule has 0 amide bonds. The molecule has 0 atom stereocenters. The van der Waals surface area contributed by atoms with Gasteiger partial charge in [-0.3, -0.25) is 0 Å². The fourth-order valence-electron chi connectivity index (χ4n) is 1.66. The van der Waals surface area contributed by atoms with Gasteiger partial charge in [0, 0.05) is 19.3 Å². The maximum Gasteiger partial charge on any atom is 0.115 e. The van der Waals surface area contributed by atoms with Crippen LogP contribution in [0.3, 0.4) is 0 Å². The van der Waals surface area contributed by atoms with E-state index in [-0.39, 0.29) is 0 Å². The van der Waals surface area contributed by atoms with Crippen molar-refractivity contribution in [2.75, 3.05) is 11.9 Å². The van der Waals surface area contributed by atoms with Crippen molar-refractivity contribution in [3.63, 3.8) is 0 Å². The Morgan fingerprint density at radius 2 is 1.56 bits per heavy atom. The summed E-state index contributed by atoms with van der Waals surface area (Å²) in [6.07, 6.45) is 0. The molecule has 0 aliphatic carbocycles. The van der Waals surface area contributed by atoms with E-state index in [1.54, 1.807) is 12.1 Å². The zero-order chi connectivity index (χ0) is 11.4. The van der Waals surface area contributed by atoms with Crippen LogP contribution in [0, 0.1) is 0 Å². The standard InChI is InChI=1S/C14H15NO/c1-15(11-12-5-3-2-4-6-12)13-7-9-14(16)10-8-13/h2-10,16H,11H2,1H3. The molecular formula is C14H15NO. The van der Waals surface area contributed by atoms with Crippen molar-refractivity contribution in [1.82, 2.24) is 0 Å². The van der Waals surface area contributed by atoms with Crippen molar-refractivity contribution in [2.45, 2.75) is 6.54 Å². The Bertz CT molecular complexity index is 436. The normalized spacial score (nSPS) is 10.1. The van der Waals surface area contributed by atoms with Crippen LogP contribution in [0.1, 0.15) is 5.56 Å². The first kappa shape index (κ1) is 10.6. The highest BCUT2D eigenvalue weighted by molar-refractivity contribution is 5.48. The van der Waals surface area contributed by atoms with Gasteiger partial charge in [-0.25, -0.2) is 0 Å². The summed E-state index contributed by atoms with van der Waals surface area (Å²) >= 11 is 0. The van der Waals surface area contributed by atoms with E-state index in [4.69, 9.17) is 0 Å². The average molecular weight is 213 g/mol. The molecule has 2 nitrogen and oxygen atoms in total. The molecule has 2 aromatic rings. The lowest BCUT2D eigenvalue weighted by molar-refractivity contribution is 0.475. The Morgan fingerprint density at radius 1 is 0.938 bits per heavy atom. The number of aromatic hydroxyl groups is 1. The van der Waals surface area contributed by atoms with E-state index in [0.717, 1.165) is 12.2 Å². The minimum atomic E-state index is 0.303. The molecule has 0 radical (unpaired) electrons. The predicted octanol–water partition coefficient (Wildman–Crippen LogP) is 3.03.